The van der Waals surface area contributed by atoms with Gasteiger partial charge in [0.15, 0.2) is 0 Å². The largest absolute Gasteiger partial charge is 0.416 e. The third-order valence-corrected chi connectivity index (χ3v) is 7.33. The molecule has 36 heavy (non-hydrogen) atoms. The first-order valence-corrected chi connectivity index (χ1v) is 12.4. The molecule has 2 fully saturated rings. The Morgan fingerprint density at radius 1 is 1.03 bits per heavy atom. The van der Waals surface area contributed by atoms with E-state index in [0.717, 1.165) is 48.9 Å². The van der Waals surface area contributed by atoms with Crippen LogP contribution in [0.2, 0.25) is 5.02 Å². The molecule has 2 aromatic rings. The minimum Gasteiger partial charge on any atom is -0.390 e. The van der Waals surface area contributed by atoms with Crippen LogP contribution < -0.4 is 10.6 Å². The van der Waals surface area contributed by atoms with Crippen molar-refractivity contribution < 1.29 is 27.9 Å². The third kappa shape index (κ3) is 6.57. The summed E-state index contributed by atoms with van der Waals surface area (Å²) >= 11 is 5.99. The van der Waals surface area contributed by atoms with E-state index in [-0.39, 0.29) is 5.56 Å². The summed E-state index contributed by atoms with van der Waals surface area (Å²) in [6.45, 7) is 0.563. The van der Waals surface area contributed by atoms with E-state index in [2.05, 4.69) is 27.7 Å². The molecule has 2 aliphatic rings. The second-order valence-corrected chi connectivity index (χ2v) is 9.95. The molecular weight excluding hydrogens is 495 g/mol. The smallest absolute Gasteiger partial charge is 0.390 e. The van der Waals surface area contributed by atoms with Crippen molar-refractivity contribution in [2.45, 2.75) is 56.0 Å². The van der Waals surface area contributed by atoms with Crippen LogP contribution in [0.15, 0.2) is 48.5 Å². The van der Waals surface area contributed by atoms with E-state index in [4.69, 9.17) is 11.6 Å². The molecule has 1 saturated heterocycles. The fraction of sp³-hybridized carbons (Fsp3) is 0.462. The molecule has 1 aliphatic carbocycles. The van der Waals surface area contributed by atoms with Crippen LogP contribution in [0.25, 0.3) is 0 Å². The van der Waals surface area contributed by atoms with E-state index in [1.54, 1.807) is 0 Å². The number of benzene rings is 2. The second-order valence-electron chi connectivity index (χ2n) is 9.51. The van der Waals surface area contributed by atoms with E-state index in [9.17, 15) is 27.9 Å². The number of nitrogens with one attached hydrogen (secondary N) is 2. The highest BCUT2D eigenvalue weighted by molar-refractivity contribution is 6.30. The number of aliphatic hydroxyl groups excluding tert-OH is 1. The van der Waals surface area contributed by atoms with Crippen LogP contribution in [-0.4, -0.2) is 59.6 Å². The lowest BCUT2D eigenvalue weighted by Gasteiger charge is -2.34. The average Bonchev–Trinajstić information content (AvgIpc) is 3.22. The van der Waals surface area contributed by atoms with Crippen molar-refractivity contribution >= 4 is 23.4 Å². The number of β-amino-alcohol motifs (C(OH)–C–C–N with tert-alkyl or cyclic N) is 1. The van der Waals surface area contributed by atoms with Crippen LogP contribution in [-0.2, 0) is 11.0 Å². The lowest BCUT2D eigenvalue weighted by Crippen LogP contribution is -2.47. The van der Waals surface area contributed by atoms with E-state index in [0.29, 0.717) is 25.0 Å². The summed E-state index contributed by atoms with van der Waals surface area (Å²) in [6.07, 6.45) is -1.23. The van der Waals surface area contributed by atoms with Gasteiger partial charge in [0.1, 0.15) is 0 Å². The summed E-state index contributed by atoms with van der Waals surface area (Å²) in [5.74, 6) is -0.794. The topological polar surface area (TPSA) is 81.7 Å². The van der Waals surface area contributed by atoms with Gasteiger partial charge < -0.3 is 15.7 Å². The van der Waals surface area contributed by atoms with Gasteiger partial charge in [0, 0.05) is 29.7 Å². The van der Waals surface area contributed by atoms with Crippen LogP contribution in [0.4, 0.5) is 13.2 Å². The van der Waals surface area contributed by atoms with Gasteiger partial charge in [-0.25, -0.2) is 0 Å². The van der Waals surface area contributed by atoms with Gasteiger partial charge in [0.2, 0.25) is 5.91 Å². The quantitative estimate of drug-likeness (QED) is 0.535. The maximum absolute atomic E-state index is 12.9. The van der Waals surface area contributed by atoms with Crippen LogP contribution >= 0.6 is 11.6 Å². The Morgan fingerprint density at radius 3 is 2.39 bits per heavy atom. The monoisotopic (exact) mass is 523 g/mol. The number of hydrogen-bond donors (Lipinski definition) is 3. The molecule has 2 amide bonds. The van der Waals surface area contributed by atoms with Crippen molar-refractivity contribution in [2.24, 2.45) is 0 Å². The number of alkyl halides is 3. The number of carbonyl (C=O) groups is 2. The normalized spacial score (nSPS) is 24.9. The first kappa shape index (κ1) is 26.4. The molecule has 0 radical (unpaired) electrons. The average molecular weight is 524 g/mol. The predicted molar refractivity (Wildman–Crippen MR) is 130 cm³/mol. The van der Waals surface area contributed by atoms with E-state index in [1.807, 2.05) is 12.1 Å². The Labute approximate surface area is 212 Å². The minimum atomic E-state index is -4.56. The number of aliphatic hydroxyl groups is 1. The molecule has 0 aromatic heterocycles. The van der Waals surface area contributed by atoms with Crippen molar-refractivity contribution in [2.75, 3.05) is 19.6 Å². The molecule has 0 spiro atoms. The van der Waals surface area contributed by atoms with Crippen LogP contribution in [0, 0.1) is 0 Å². The van der Waals surface area contributed by atoms with E-state index in [1.165, 1.54) is 11.6 Å². The highest BCUT2D eigenvalue weighted by Gasteiger charge is 2.37. The van der Waals surface area contributed by atoms with Gasteiger partial charge in [-0.05, 0) is 67.5 Å². The number of hydrogen-bond acceptors (Lipinski definition) is 4. The zero-order valence-corrected chi connectivity index (χ0v) is 20.4. The fourth-order valence-electron chi connectivity index (χ4n) is 5.12. The third-order valence-electron chi connectivity index (χ3n) is 7.08. The first-order chi connectivity index (χ1) is 17.1. The molecule has 6 nitrogen and oxygen atoms in total. The number of carbonyl (C=O) groups excluding carboxylic acids is 2. The zero-order chi connectivity index (χ0) is 25.9. The molecule has 4 rings (SSSR count). The van der Waals surface area contributed by atoms with Crippen molar-refractivity contribution in [1.82, 2.24) is 15.5 Å². The summed E-state index contributed by atoms with van der Waals surface area (Å²) in [7, 11) is 0. The predicted octanol–water partition coefficient (Wildman–Crippen LogP) is 3.98. The fourth-order valence-corrected chi connectivity index (χ4v) is 5.25. The van der Waals surface area contributed by atoms with Crippen molar-refractivity contribution in [3.63, 3.8) is 0 Å². The van der Waals surface area contributed by atoms with Gasteiger partial charge in [0.25, 0.3) is 5.91 Å². The lowest BCUT2D eigenvalue weighted by atomic mass is 9.81. The molecule has 1 aliphatic heterocycles. The van der Waals surface area contributed by atoms with Gasteiger partial charge in [-0.15, -0.1) is 0 Å². The Hall–Kier alpha value is -2.62. The van der Waals surface area contributed by atoms with Gasteiger partial charge in [0.05, 0.1) is 24.3 Å². The van der Waals surface area contributed by atoms with Crippen molar-refractivity contribution in [3.8, 4) is 0 Å². The zero-order valence-electron chi connectivity index (χ0n) is 19.6. The highest BCUT2D eigenvalue weighted by Crippen LogP contribution is 2.36. The second kappa shape index (κ2) is 11.2. The molecule has 0 unspecified atom stereocenters. The number of halogens is 4. The molecule has 10 heteroatoms. The first-order valence-electron chi connectivity index (χ1n) is 12.0. The highest BCUT2D eigenvalue weighted by atomic mass is 35.5. The van der Waals surface area contributed by atoms with Crippen LogP contribution in [0.1, 0.15) is 53.1 Å². The van der Waals surface area contributed by atoms with Crippen LogP contribution in [0.5, 0.6) is 0 Å². The molecule has 2 aromatic carbocycles. The molecule has 2 atom stereocenters. The number of amides is 2. The molecule has 1 saturated carbocycles. The van der Waals surface area contributed by atoms with E-state index < -0.39 is 42.2 Å². The van der Waals surface area contributed by atoms with Gasteiger partial charge >= 0.3 is 6.18 Å². The van der Waals surface area contributed by atoms with Crippen molar-refractivity contribution in [1.29, 1.82) is 0 Å². The maximum Gasteiger partial charge on any atom is 0.416 e. The van der Waals surface area contributed by atoms with Crippen molar-refractivity contribution in [3.05, 3.63) is 70.2 Å². The molecule has 3 N–H and O–H groups in total. The Kier molecular flexibility index (Phi) is 8.22. The Morgan fingerprint density at radius 2 is 1.72 bits per heavy atom. The van der Waals surface area contributed by atoms with Gasteiger partial charge in [-0.1, -0.05) is 29.8 Å². The molecule has 0 bridgehead atoms. The number of likely N-dealkylation sites (tertiary alicyclic amines) is 1. The number of nitrogens with zero attached hydrogens (tertiary/aromatic N) is 1. The van der Waals surface area contributed by atoms with Crippen LogP contribution in [0.3, 0.4) is 0 Å². The molecule has 1 heterocycles. The summed E-state index contributed by atoms with van der Waals surface area (Å²) in [5, 5.41) is 16.3. The summed E-state index contributed by atoms with van der Waals surface area (Å²) in [5.41, 5.74) is 0.173. The lowest BCUT2D eigenvalue weighted by molar-refractivity contribution is -0.137. The summed E-state index contributed by atoms with van der Waals surface area (Å²) < 4.78 is 38.6. The Bertz CT molecular complexity index is 1070. The maximum atomic E-state index is 12.9. The number of rotatable bonds is 6. The standard InChI is InChI=1S/C26H29ClF3N3O3/c27-20-8-4-16(5-9-20)17-6-10-21(11-7-17)33-14-22(23(34)15-33)32-24(35)13-31-25(36)18-2-1-3-19(12-18)26(28,29)30/h1-5,8-9,12,17,21-23,34H,6-7,10-11,13-15H2,(H,31,36)(H,32,35)/t17?,21?,22-,23-/m0/s1. The molecule has 194 valence electrons. The SMILES string of the molecule is O=C(CNC(=O)c1cccc(C(F)(F)F)c1)N[C@H]1CN(C2CCC(c3ccc(Cl)cc3)CC2)C[C@@H]1O. The van der Waals surface area contributed by atoms with Gasteiger partial charge in [-0.3, -0.25) is 14.5 Å². The Balaban J connectivity index is 1.23. The summed E-state index contributed by atoms with van der Waals surface area (Å²) in [4.78, 5) is 26.8. The minimum absolute atomic E-state index is 0.182. The summed E-state index contributed by atoms with van der Waals surface area (Å²) in [6, 6.07) is 11.8. The van der Waals surface area contributed by atoms with E-state index >= 15 is 0 Å². The molecular formula is C26H29ClF3N3O3. The van der Waals surface area contributed by atoms with Gasteiger partial charge in [-0.2, -0.15) is 13.2 Å².